The maximum atomic E-state index is 3.56. The van der Waals surface area contributed by atoms with E-state index in [1.807, 2.05) is 11.3 Å². The molecule has 2 nitrogen and oxygen atoms in total. The Bertz CT molecular complexity index is 346. The van der Waals surface area contributed by atoms with Crippen LogP contribution in [0.2, 0.25) is 0 Å². The van der Waals surface area contributed by atoms with Crippen LogP contribution < -0.4 is 5.32 Å². The Labute approximate surface area is 122 Å². The Kier molecular flexibility index (Phi) is 5.86. The third-order valence-corrected chi connectivity index (χ3v) is 4.93. The van der Waals surface area contributed by atoms with Gasteiger partial charge in [0.25, 0.3) is 0 Å². The molecule has 1 aliphatic rings. The average molecular weight is 280 g/mol. The molecular weight excluding hydrogens is 252 g/mol. The Morgan fingerprint density at radius 2 is 2.21 bits per heavy atom. The topological polar surface area (TPSA) is 15.3 Å². The maximum Gasteiger partial charge on any atom is 0.0247 e. The van der Waals surface area contributed by atoms with E-state index in [4.69, 9.17) is 0 Å². The highest BCUT2D eigenvalue weighted by Crippen LogP contribution is 2.32. The summed E-state index contributed by atoms with van der Waals surface area (Å²) in [6, 6.07) is 3.77. The van der Waals surface area contributed by atoms with Gasteiger partial charge in [-0.25, -0.2) is 0 Å². The van der Waals surface area contributed by atoms with Crippen molar-refractivity contribution >= 4 is 11.3 Å². The van der Waals surface area contributed by atoms with E-state index in [-0.39, 0.29) is 0 Å². The first-order chi connectivity index (χ1) is 9.22. The second-order valence-corrected chi connectivity index (χ2v) is 6.74. The monoisotopic (exact) mass is 280 g/mol. The molecule has 1 heterocycles. The van der Waals surface area contributed by atoms with Gasteiger partial charge in [-0.05, 0) is 67.6 Å². The van der Waals surface area contributed by atoms with Crippen molar-refractivity contribution in [3.05, 3.63) is 22.4 Å². The van der Waals surface area contributed by atoms with Crippen LogP contribution in [-0.2, 0) is 6.54 Å². The van der Waals surface area contributed by atoms with E-state index in [1.54, 1.807) is 0 Å². The lowest BCUT2D eigenvalue weighted by molar-refractivity contribution is 0.142. The zero-order valence-corrected chi connectivity index (χ0v) is 13.4. The summed E-state index contributed by atoms with van der Waals surface area (Å²) in [6.07, 6.45) is 4.01. The molecule has 108 valence electrons. The van der Waals surface area contributed by atoms with Crippen LogP contribution in [0.1, 0.15) is 45.6 Å². The lowest BCUT2D eigenvalue weighted by Crippen LogP contribution is -2.42. The minimum atomic E-state index is 0.664. The van der Waals surface area contributed by atoms with E-state index < -0.39 is 0 Å². The number of nitrogens with one attached hydrogen (secondary N) is 1. The van der Waals surface area contributed by atoms with Crippen LogP contribution in [0.4, 0.5) is 0 Å². The van der Waals surface area contributed by atoms with Crippen molar-refractivity contribution < 1.29 is 0 Å². The van der Waals surface area contributed by atoms with Crippen molar-refractivity contribution in [2.75, 3.05) is 13.1 Å². The molecule has 0 radical (unpaired) electrons. The van der Waals surface area contributed by atoms with E-state index in [0.29, 0.717) is 12.0 Å². The highest BCUT2D eigenvalue weighted by atomic mass is 32.1. The summed E-state index contributed by atoms with van der Waals surface area (Å²) >= 11 is 1.81. The summed E-state index contributed by atoms with van der Waals surface area (Å²) in [5.74, 6) is 0.714. The van der Waals surface area contributed by atoms with Crippen molar-refractivity contribution in [2.45, 2.75) is 58.7 Å². The van der Waals surface area contributed by atoms with Gasteiger partial charge >= 0.3 is 0 Å². The number of hydrogen-bond donors (Lipinski definition) is 1. The van der Waals surface area contributed by atoms with Gasteiger partial charge in [0, 0.05) is 18.6 Å². The molecule has 1 aliphatic carbocycles. The molecule has 2 rings (SSSR count). The fourth-order valence-corrected chi connectivity index (χ4v) is 3.27. The van der Waals surface area contributed by atoms with E-state index >= 15 is 0 Å². The summed E-state index contributed by atoms with van der Waals surface area (Å²) in [4.78, 5) is 2.72. The Morgan fingerprint density at radius 3 is 2.79 bits per heavy atom. The van der Waals surface area contributed by atoms with Gasteiger partial charge in [0.2, 0.25) is 0 Å². The van der Waals surface area contributed by atoms with Crippen LogP contribution >= 0.6 is 11.3 Å². The normalized spacial score (nSPS) is 18.7. The second-order valence-electron chi connectivity index (χ2n) is 5.96. The van der Waals surface area contributed by atoms with Crippen molar-refractivity contribution in [1.82, 2.24) is 10.2 Å². The summed E-state index contributed by atoms with van der Waals surface area (Å²) in [5, 5.41) is 8.05. The van der Waals surface area contributed by atoms with Crippen LogP contribution in [0.15, 0.2) is 16.8 Å². The van der Waals surface area contributed by atoms with E-state index in [9.17, 15) is 0 Å². The molecule has 0 bridgehead atoms. The Morgan fingerprint density at radius 1 is 1.42 bits per heavy atom. The van der Waals surface area contributed by atoms with E-state index in [2.05, 4.69) is 47.8 Å². The first-order valence-corrected chi connectivity index (χ1v) is 8.64. The van der Waals surface area contributed by atoms with Gasteiger partial charge in [-0.2, -0.15) is 11.3 Å². The molecule has 0 aromatic carbocycles. The Balaban J connectivity index is 1.86. The summed E-state index contributed by atoms with van der Waals surface area (Å²) in [6.45, 7) is 10.4. The van der Waals surface area contributed by atoms with Gasteiger partial charge in [0.1, 0.15) is 0 Å². The second kappa shape index (κ2) is 7.41. The van der Waals surface area contributed by atoms with Crippen LogP contribution in [0.25, 0.3) is 0 Å². The number of hydrogen-bond acceptors (Lipinski definition) is 3. The van der Waals surface area contributed by atoms with Gasteiger partial charge in [0.05, 0.1) is 0 Å². The Hall–Kier alpha value is -0.380. The molecule has 1 N–H and O–H groups in total. The fraction of sp³-hybridized carbons (Fsp3) is 0.750. The van der Waals surface area contributed by atoms with Gasteiger partial charge in [0.15, 0.2) is 0 Å². The molecule has 2 atom stereocenters. The van der Waals surface area contributed by atoms with Gasteiger partial charge in [-0.15, -0.1) is 0 Å². The molecule has 0 aliphatic heterocycles. The summed E-state index contributed by atoms with van der Waals surface area (Å²) in [7, 11) is 0. The summed E-state index contributed by atoms with van der Waals surface area (Å²) in [5.41, 5.74) is 1.48. The van der Waals surface area contributed by atoms with Crippen LogP contribution in [0.5, 0.6) is 0 Å². The lowest BCUT2D eigenvalue weighted by atomic mass is 10.0. The minimum Gasteiger partial charge on any atom is -0.316 e. The quantitative estimate of drug-likeness (QED) is 0.693. The smallest absolute Gasteiger partial charge is 0.0247 e. The molecule has 19 heavy (non-hydrogen) atoms. The molecule has 0 amide bonds. The first-order valence-electron chi connectivity index (χ1n) is 7.70. The molecule has 0 saturated heterocycles. The minimum absolute atomic E-state index is 0.664. The van der Waals surface area contributed by atoms with Gasteiger partial charge in [-0.3, -0.25) is 4.90 Å². The highest BCUT2D eigenvalue weighted by Gasteiger charge is 2.33. The van der Waals surface area contributed by atoms with Gasteiger partial charge < -0.3 is 5.32 Å². The van der Waals surface area contributed by atoms with Crippen molar-refractivity contribution in [1.29, 1.82) is 0 Å². The highest BCUT2D eigenvalue weighted by molar-refractivity contribution is 7.07. The molecule has 1 saturated carbocycles. The van der Waals surface area contributed by atoms with Crippen LogP contribution in [-0.4, -0.2) is 30.1 Å². The molecule has 3 heteroatoms. The fourth-order valence-electron chi connectivity index (χ4n) is 2.61. The van der Waals surface area contributed by atoms with E-state index in [1.165, 1.54) is 24.8 Å². The largest absolute Gasteiger partial charge is 0.316 e. The SMILES string of the molecule is CCCNCC(C)C(C)N(Cc1ccsc1)C1CC1. The number of nitrogens with zero attached hydrogens (tertiary/aromatic N) is 1. The molecular formula is C16H28N2S. The maximum absolute atomic E-state index is 3.56. The molecule has 1 fully saturated rings. The van der Waals surface area contributed by atoms with Gasteiger partial charge in [-0.1, -0.05) is 13.8 Å². The predicted molar refractivity (Wildman–Crippen MR) is 84.7 cm³/mol. The average Bonchev–Trinajstić information content (AvgIpc) is 3.12. The third kappa shape index (κ3) is 4.59. The van der Waals surface area contributed by atoms with E-state index in [0.717, 1.165) is 25.7 Å². The molecule has 1 aromatic rings. The van der Waals surface area contributed by atoms with Crippen molar-refractivity contribution in [2.24, 2.45) is 5.92 Å². The van der Waals surface area contributed by atoms with Crippen LogP contribution in [0, 0.1) is 5.92 Å². The number of thiophene rings is 1. The number of rotatable bonds is 9. The van der Waals surface area contributed by atoms with Crippen molar-refractivity contribution in [3.8, 4) is 0 Å². The zero-order chi connectivity index (χ0) is 13.7. The summed E-state index contributed by atoms with van der Waals surface area (Å²) < 4.78 is 0. The predicted octanol–water partition coefficient (Wildman–Crippen LogP) is 3.74. The van der Waals surface area contributed by atoms with Crippen molar-refractivity contribution in [3.63, 3.8) is 0 Å². The zero-order valence-electron chi connectivity index (χ0n) is 12.6. The molecule has 2 unspecified atom stereocenters. The standard InChI is InChI=1S/C16H28N2S/c1-4-8-17-10-13(2)14(3)18(16-5-6-16)11-15-7-9-19-12-15/h7,9,12-14,16-17H,4-6,8,10-11H2,1-3H3. The first kappa shape index (κ1) is 15.0. The molecule has 1 aromatic heterocycles. The molecule has 0 spiro atoms. The lowest BCUT2D eigenvalue weighted by Gasteiger charge is -2.33. The van der Waals surface area contributed by atoms with Crippen LogP contribution in [0.3, 0.4) is 0 Å². The third-order valence-electron chi connectivity index (χ3n) is 4.20.